The molecule has 6 heteroatoms. The molecule has 0 spiro atoms. The molecule has 2 N–H and O–H groups in total. The Balaban J connectivity index is 2.02. The van der Waals surface area contributed by atoms with Crippen LogP contribution in [0.1, 0.15) is 18.4 Å². The zero-order valence-corrected chi connectivity index (χ0v) is 11.0. The molecule has 1 heterocycles. The van der Waals surface area contributed by atoms with Crippen LogP contribution in [0.25, 0.3) is 11.1 Å². The second-order valence-electron chi connectivity index (χ2n) is 4.38. The number of oxazole rings is 1. The Hall–Kier alpha value is -2.08. The molecular weight excluding hydrogens is 246 g/mol. The quantitative estimate of drug-likeness (QED) is 0.779. The van der Waals surface area contributed by atoms with E-state index in [9.17, 15) is 9.59 Å². The van der Waals surface area contributed by atoms with E-state index >= 15 is 0 Å². The molecule has 0 aliphatic rings. The van der Waals surface area contributed by atoms with Crippen LogP contribution in [-0.2, 0) is 18.3 Å². The van der Waals surface area contributed by atoms with Gasteiger partial charge in [-0.1, -0.05) is 6.07 Å². The third-order valence-electron chi connectivity index (χ3n) is 2.99. The van der Waals surface area contributed by atoms with Gasteiger partial charge in [-0.15, -0.1) is 0 Å². The summed E-state index contributed by atoms with van der Waals surface area (Å²) in [7, 11) is 3.33. The Labute approximate surface area is 110 Å². The number of fused-ring (bicyclic) bond motifs is 1. The van der Waals surface area contributed by atoms with Crippen LogP contribution in [0.5, 0.6) is 0 Å². The van der Waals surface area contributed by atoms with Crippen LogP contribution in [0.2, 0.25) is 0 Å². The molecule has 19 heavy (non-hydrogen) atoms. The monoisotopic (exact) mass is 263 g/mol. The number of aromatic nitrogens is 1. The topological polar surface area (TPSA) is 76.3 Å². The van der Waals surface area contributed by atoms with Crippen molar-refractivity contribution < 1.29 is 9.21 Å². The summed E-state index contributed by atoms with van der Waals surface area (Å²) in [6.07, 6.45) is 1.97. The van der Waals surface area contributed by atoms with Gasteiger partial charge in [0.1, 0.15) is 0 Å². The third-order valence-corrected chi connectivity index (χ3v) is 2.99. The Bertz CT molecular complexity index is 642. The first-order chi connectivity index (χ1) is 9.11. The number of rotatable bonds is 5. The van der Waals surface area contributed by atoms with Gasteiger partial charge in [-0.25, -0.2) is 10.2 Å². The van der Waals surface area contributed by atoms with Crippen molar-refractivity contribution in [2.75, 3.05) is 7.05 Å². The van der Waals surface area contributed by atoms with Crippen LogP contribution in [0.15, 0.2) is 27.4 Å². The molecule has 1 amide bonds. The van der Waals surface area contributed by atoms with Gasteiger partial charge in [0, 0.05) is 20.5 Å². The van der Waals surface area contributed by atoms with Crippen molar-refractivity contribution in [3.8, 4) is 0 Å². The first-order valence-corrected chi connectivity index (χ1v) is 6.16. The molecule has 0 saturated heterocycles. The highest BCUT2D eigenvalue weighted by Crippen LogP contribution is 2.15. The van der Waals surface area contributed by atoms with Gasteiger partial charge in [-0.2, -0.15) is 0 Å². The van der Waals surface area contributed by atoms with Gasteiger partial charge in [0.05, 0.1) is 5.52 Å². The van der Waals surface area contributed by atoms with Gasteiger partial charge in [0.2, 0.25) is 5.91 Å². The van der Waals surface area contributed by atoms with E-state index in [1.54, 1.807) is 14.1 Å². The number of carbonyl (C=O) groups is 1. The molecule has 0 radical (unpaired) electrons. The van der Waals surface area contributed by atoms with Crippen LogP contribution in [0.3, 0.4) is 0 Å². The number of aryl methyl sites for hydroxylation is 2. The zero-order valence-electron chi connectivity index (χ0n) is 11.0. The molecule has 1 aromatic heterocycles. The van der Waals surface area contributed by atoms with E-state index in [-0.39, 0.29) is 11.7 Å². The van der Waals surface area contributed by atoms with E-state index < -0.39 is 0 Å². The molecule has 0 unspecified atom stereocenters. The Kier molecular flexibility index (Phi) is 4.01. The second kappa shape index (κ2) is 5.71. The largest absolute Gasteiger partial charge is 0.419 e. The summed E-state index contributed by atoms with van der Waals surface area (Å²) < 4.78 is 6.60. The molecule has 0 aliphatic heterocycles. The fourth-order valence-electron chi connectivity index (χ4n) is 1.99. The van der Waals surface area contributed by atoms with E-state index in [4.69, 9.17) is 4.42 Å². The van der Waals surface area contributed by atoms with E-state index in [2.05, 4.69) is 10.9 Å². The summed E-state index contributed by atoms with van der Waals surface area (Å²) in [5, 5.41) is 0. The van der Waals surface area contributed by atoms with Gasteiger partial charge >= 0.3 is 5.76 Å². The van der Waals surface area contributed by atoms with Crippen molar-refractivity contribution in [3.05, 3.63) is 34.3 Å². The van der Waals surface area contributed by atoms with E-state index in [0.29, 0.717) is 12.0 Å². The van der Waals surface area contributed by atoms with Crippen molar-refractivity contribution in [2.24, 2.45) is 7.05 Å². The number of nitrogens with zero attached hydrogens (tertiary/aromatic N) is 1. The number of amides is 1. The van der Waals surface area contributed by atoms with Gasteiger partial charge in [0.15, 0.2) is 5.58 Å². The molecule has 102 valence electrons. The van der Waals surface area contributed by atoms with E-state index in [0.717, 1.165) is 23.9 Å². The molecule has 0 aliphatic carbocycles. The Morgan fingerprint density at radius 2 is 2.21 bits per heavy atom. The fraction of sp³-hybridized carbons (Fsp3) is 0.385. The van der Waals surface area contributed by atoms with Crippen molar-refractivity contribution in [2.45, 2.75) is 19.3 Å². The first kappa shape index (κ1) is 13.4. The normalized spacial score (nSPS) is 10.8. The van der Waals surface area contributed by atoms with Crippen molar-refractivity contribution in [3.63, 3.8) is 0 Å². The molecule has 2 aromatic rings. The summed E-state index contributed by atoms with van der Waals surface area (Å²) in [5.74, 6) is -0.393. The number of carbonyl (C=O) groups excluding carboxylic acids is 1. The Morgan fingerprint density at radius 3 is 2.95 bits per heavy atom. The van der Waals surface area contributed by atoms with Crippen LogP contribution in [-0.4, -0.2) is 17.5 Å². The maximum absolute atomic E-state index is 11.4. The minimum absolute atomic E-state index is 0.0326. The summed E-state index contributed by atoms with van der Waals surface area (Å²) >= 11 is 0. The maximum atomic E-state index is 11.4. The second-order valence-corrected chi connectivity index (χ2v) is 4.38. The van der Waals surface area contributed by atoms with Crippen LogP contribution in [0.4, 0.5) is 0 Å². The lowest BCUT2D eigenvalue weighted by Crippen LogP contribution is -2.33. The van der Waals surface area contributed by atoms with Gasteiger partial charge in [-0.05, 0) is 30.5 Å². The smallest absolute Gasteiger partial charge is 0.408 e. The predicted molar refractivity (Wildman–Crippen MR) is 71.6 cm³/mol. The van der Waals surface area contributed by atoms with Gasteiger partial charge in [-0.3, -0.25) is 14.8 Å². The molecule has 6 nitrogen and oxygen atoms in total. The number of nitrogens with one attached hydrogen (secondary N) is 2. The molecular formula is C13H17N3O3. The van der Waals surface area contributed by atoms with Crippen molar-refractivity contribution >= 4 is 17.0 Å². The van der Waals surface area contributed by atoms with E-state index in [1.807, 2.05) is 18.2 Å². The van der Waals surface area contributed by atoms with Crippen LogP contribution < -0.4 is 16.6 Å². The molecule has 1 aromatic carbocycles. The summed E-state index contributed by atoms with van der Waals surface area (Å²) in [6.45, 7) is 0. The zero-order chi connectivity index (χ0) is 13.8. The lowest BCUT2D eigenvalue weighted by atomic mass is 10.1. The summed E-state index contributed by atoms with van der Waals surface area (Å²) in [4.78, 5) is 22.6. The third kappa shape index (κ3) is 3.03. The lowest BCUT2D eigenvalue weighted by Gasteiger charge is -2.03. The lowest BCUT2D eigenvalue weighted by molar-refractivity contribution is -0.122. The molecule has 0 fully saturated rings. The Morgan fingerprint density at radius 1 is 1.42 bits per heavy atom. The number of hydrogen-bond donors (Lipinski definition) is 2. The summed E-state index contributed by atoms with van der Waals surface area (Å²) in [6, 6.07) is 5.67. The first-order valence-electron chi connectivity index (χ1n) is 6.16. The standard InChI is InChI=1S/C13H17N3O3/c1-14-15-12(17)5-3-4-9-6-7-10-11(8-9)19-13(18)16(10)2/h6-8,14H,3-5H2,1-2H3,(H,15,17). The number of hydrazine groups is 1. The highest BCUT2D eigenvalue weighted by Gasteiger charge is 2.06. The molecule has 0 saturated carbocycles. The van der Waals surface area contributed by atoms with Crippen LogP contribution in [0, 0.1) is 0 Å². The SMILES string of the molecule is CNNC(=O)CCCc1ccc2c(c1)oc(=O)n2C. The highest BCUT2D eigenvalue weighted by atomic mass is 16.4. The molecule has 0 bridgehead atoms. The molecule has 2 rings (SSSR count). The van der Waals surface area contributed by atoms with Gasteiger partial charge < -0.3 is 4.42 Å². The summed E-state index contributed by atoms with van der Waals surface area (Å²) in [5.41, 5.74) is 7.54. The van der Waals surface area contributed by atoms with Crippen molar-refractivity contribution in [1.29, 1.82) is 0 Å². The minimum atomic E-state index is -0.361. The number of hydrogen-bond acceptors (Lipinski definition) is 4. The average molecular weight is 263 g/mol. The minimum Gasteiger partial charge on any atom is -0.408 e. The van der Waals surface area contributed by atoms with Crippen molar-refractivity contribution in [1.82, 2.24) is 15.4 Å². The predicted octanol–water partition coefficient (Wildman–Crippen LogP) is 0.705. The average Bonchev–Trinajstić information content (AvgIpc) is 2.65. The van der Waals surface area contributed by atoms with E-state index in [1.165, 1.54) is 4.57 Å². The van der Waals surface area contributed by atoms with Crippen LogP contribution >= 0.6 is 0 Å². The maximum Gasteiger partial charge on any atom is 0.419 e. The highest BCUT2D eigenvalue weighted by molar-refractivity contribution is 5.75. The van der Waals surface area contributed by atoms with Gasteiger partial charge in [0.25, 0.3) is 0 Å². The fourth-order valence-corrected chi connectivity index (χ4v) is 1.99. The molecule has 0 atom stereocenters. The number of benzene rings is 1.